The number of aliphatic hydroxyl groups excluding tert-OH is 1. The van der Waals surface area contributed by atoms with Gasteiger partial charge in [-0.1, -0.05) is 13.8 Å². The molecule has 3 rings (SSSR count). The van der Waals surface area contributed by atoms with Gasteiger partial charge in [0.25, 0.3) is 0 Å². The molecular formula is C39H53N3O8. The van der Waals surface area contributed by atoms with Crippen molar-refractivity contribution in [2.24, 2.45) is 10.8 Å². The van der Waals surface area contributed by atoms with E-state index < -0.39 is 28.7 Å². The Morgan fingerprint density at radius 1 is 0.500 bits per heavy atom. The van der Waals surface area contributed by atoms with Crippen LogP contribution in [0.2, 0.25) is 0 Å². The van der Waals surface area contributed by atoms with Crippen LogP contribution in [0.5, 0.6) is 0 Å². The molecule has 0 heterocycles. The van der Waals surface area contributed by atoms with E-state index in [4.69, 9.17) is 18.9 Å². The van der Waals surface area contributed by atoms with Gasteiger partial charge in [-0.05, 0) is 85.6 Å². The maximum Gasteiger partial charge on any atom is 0.338 e. The summed E-state index contributed by atoms with van der Waals surface area (Å²) in [6, 6.07) is 21.2. The largest absolute Gasteiger partial charge is 0.461 e. The topological polar surface area (TPSA) is 118 Å². The minimum absolute atomic E-state index is 0.0465. The first-order chi connectivity index (χ1) is 23.8. The molecule has 272 valence electrons. The van der Waals surface area contributed by atoms with Crippen LogP contribution in [0.25, 0.3) is 0 Å². The molecule has 0 spiro atoms. The lowest BCUT2D eigenvalue weighted by atomic mass is 9.86. The Morgan fingerprint density at radius 2 is 0.780 bits per heavy atom. The summed E-state index contributed by atoms with van der Waals surface area (Å²) in [5, 5.41) is 10.4. The van der Waals surface area contributed by atoms with E-state index >= 15 is 0 Å². The lowest BCUT2D eigenvalue weighted by molar-refractivity contribution is -0.0856. The van der Waals surface area contributed by atoms with Crippen LogP contribution in [0, 0.1) is 10.8 Å². The average Bonchev–Trinajstić information content (AvgIpc) is 3.13. The third-order valence-electron chi connectivity index (χ3n) is 9.04. The number of rotatable bonds is 19. The number of carbonyl (C=O) groups is 3. The van der Waals surface area contributed by atoms with Gasteiger partial charge in [0, 0.05) is 59.3 Å². The molecule has 50 heavy (non-hydrogen) atoms. The molecule has 0 saturated carbocycles. The molecule has 0 aliphatic rings. The Bertz CT molecular complexity index is 1450. The highest BCUT2D eigenvalue weighted by Crippen LogP contribution is 2.29. The summed E-state index contributed by atoms with van der Waals surface area (Å²) in [4.78, 5) is 44.9. The van der Waals surface area contributed by atoms with Gasteiger partial charge in [0.1, 0.15) is 19.8 Å². The van der Waals surface area contributed by atoms with E-state index in [-0.39, 0.29) is 39.6 Å². The minimum Gasteiger partial charge on any atom is -0.461 e. The standard InChI is InChI=1S/C39H53N3O8/c1-9-38(23-43,26-48-35(44)29-11-17-32(18-12-29)40(3)4)24-47-25-39(10-2,27-49-36(45)30-13-19-33(20-14-30)41(5)6)28-50-37(46)31-15-21-34(22-16-31)42(7)8/h11-22,43H,9-10,23-28H2,1-8H3. The maximum atomic E-state index is 13.1. The molecular weight excluding hydrogens is 638 g/mol. The zero-order valence-corrected chi connectivity index (χ0v) is 30.7. The fraction of sp³-hybridized carbons (Fsp3) is 0.462. The number of hydrogen-bond donors (Lipinski definition) is 1. The van der Waals surface area contributed by atoms with Crippen LogP contribution in [0.4, 0.5) is 17.1 Å². The second kappa shape index (κ2) is 18.4. The zero-order chi connectivity index (χ0) is 36.9. The van der Waals surface area contributed by atoms with E-state index in [1.54, 1.807) is 36.4 Å². The van der Waals surface area contributed by atoms with E-state index in [1.807, 2.05) is 107 Å². The summed E-state index contributed by atoms with van der Waals surface area (Å²) >= 11 is 0. The van der Waals surface area contributed by atoms with Crippen LogP contribution in [0.1, 0.15) is 57.8 Å². The molecule has 3 aromatic carbocycles. The van der Waals surface area contributed by atoms with Crippen LogP contribution in [0.15, 0.2) is 72.8 Å². The molecule has 0 fully saturated rings. The minimum atomic E-state index is -0.904. The van der Waals surface area contributed by atoms with E-state index in [0.717, 1.165) is 17.1 Å². The number of esters is 3. The molecule has 0 aliphatic heterocycles. The Kier molecular flexibility index (Phi) is 14.7. The first-order valence-corrected chi connectivity index (χ1v) is 16.8. The summed E-state index contributed by atoms with van der Waals surface area (Å²) in [6.45, 7) is 3.37. The summed E-state index contributed by atoms with van der Waals surface area (Å²) < 4.78 is 23.5. The van der Waals surface area contributed by atoms with Gasteiger partial charge in [0.15, 0.2) is 0 Å². The van der Waals surface area contributed by atoms with Crippen LogP contribution >= 0.6 is 0 Å². The lowest BCUT2D eigenvalue weighted by Crippen LogP contribution is -2.42. The molecule has 0 saturated heterocycles. The van der Waals surface area contributed by atoms with Crippen molar-refractivity contribution < 1.29 is 38.4 Å². The Labute approximate surface area is 296 Å². The molecule has 11 heteroatoms. The number of benzene rings is 3. The monoisotopic (exact) mass is 691 g/mol. The molecule has 0 radical (unpaired) electrons. The third-order valence-corrected chi connectivity index (χ3v) is 9.04. The highest BCUT2D eigenvalue weighted by molar-refractivity contribution is 5.91. The Balaban J connectivity index is 1.73. The number of nitrogens with zero attached hydrogens (tertiary/aromatic N) is 3. The normalized spacial score (nSPS) is 12.4. The van der Waals surface area contributed by atoms with Crippen molar-refractivity contribution >= 4 is 35.0 Å². The molecule has 0 amide bonds. The van der Waals surface area contributed by atoms with Gasteiger partial charge in [-0.2, -0.15) is 0 Å². The molecule has 3 aromatic rings. The summed E-state index contributed by atoms with van der Waals surface area (Å²) in [7, 11) is 11.5. The maximum absolute atomic E-state index is 13.1. The number of aliphatic hydroxyl groups is 1. The van der Waals surface area contributed by atoms with Crippen LogP contribution in [0.3, 0.4) is 0 Å². The van der Waals surface area contributed by atoms with Crippen molar-refractivity contribution in [2.75, 3.05) is 96.6 Å². The molecule has 0 bridgehead atoms. The van der Waals surface area contributed by atoms with Crippen molar-refractivity contribution in [3.05, 3.63) is 89.5 Å². The smallest absolute Gasteiger partial charge is 0.338 e. The summed E-state index contributed by atoms with van der Waals surface area (Å²) in [5.74, 6) is -1.52. The quantitative estimate of drug-likeness (QED) is 0.126. The molecule has 11 nitrogen and oxygen atoms in total. The number of ether oxygens (including phenoxy) is 4. The lowest BCUT2D eigenvalue weighted by Gasteiger charge is -2.35. The van der Waals surface area contributed by atoms with Crippen molar-refractivity contribution in [2.45, 2.75) is 26.7 Å². The van der Waals surface area contributed by atoms with Crippen LogP contribution < -0.4 is 14.7 Å². The highest BCUT2D eigenvalue weighted by atomic mass is 16.6. The average molecular weight is 692 g/mol. The molecule has 0 aliphatic carbocycles. The number of anilines is 3. The SMILES string of the molecule is CCC(CO)(COCC(CC)(COC(=O)c1ccc(N(C)C)cc1)COC(=O)c1ccc(N(C)C)cc1)COC(=O)c1ccc(N(C)C)cc1. The van der Waals surface area contributed by atoms with Crippen LogP contribution in [-0.2, 0) is 18.9 Å². The number of carbonyl (C=O) groups excluding carboxylic acids is 3. The molecule has 1 N–H and O–H groups in total. The van der Waals surface area contributed by atoms with Crippen molar-refractivity contribution in [3.8, 4) is 0 Å². The first kappa shape index (κ1) is 39.8. The van der Waals surface area contributed by atoms with Crippen molar-refractivity contribution in [1.29, 1.82) is 0 Å². The number of hydrogen-bond acceptors (Lipinski definition) is 11. The highest BCUT2D eigenvalue weighted by Gasteiger charge is 2.36. The molecule has 1 unspecified atom stereocenters. The fourth-order valence-electron chi connectivity index (χ4n) is 4.96. The summed E-state index contributed by atoms with van der Waals surface area (Å²) in [6.07, 6.45) is 0.911. The van der Waals surface area contributed by atoms with Crippen LogP contribution in [-0.4, -0.2) is 105 Å². The second-order valence-corrected chi connectivity index (χ2v) is 13.4. The van der Waals surface area contributed by atoms with Gasteiger partial charge in [-0.15, -0.1) is 0 Å². The van der Waals surface area contributed by atoms with Gasteiger partial charge >= 0.3 is 17.9 Å². The zero-order valence-electron chi connectivity index (χ0n) is 30.7. The van der Waals surface area contributed by atoms with Gasteiger partial charge in [-0.25, -0.2) is 14.4 Å². The van der Waals surface area contributed by atoms with E-state index in [2.05, 4.69) is 0 Å². The van der Waals surface area contributed by atoms with Gasteiger partial charge in [-0.3, -0.25) is 0 Å². The predicted molar refractivity (Wildman–Crippen MR) is 197 cm³/mol. The third kappa shape index (κ3) is 10.9. The summed E-state index contributed by atoms with van der Waals surface area (Å²) in [5.41, 5.74) is 2.24. The Hall–Kier alpha value is -4.61. The van der Waals surface area contributed by atoms with Gasteiger partial charge in [0.2, 0.25) is 0 Å². The first-order valence-electron chi connectivity index (χ1n) is 16.8. The van der Waals surface area contributed by atoms with Gasteiger partial charge < -0.3 is 38.8 Å². The van der Waals surface area contributed by atoms with Gasteiger partial charge in [0.05, 0.1) is 47.3 Å². The second-order valence-electron chi connectivity index (χ2n) is 13.4. The molecule has 0 aromatic heterocycles. The van der Waals surface area contributed by atoms with Crippen molar-refractivity contribution in [1.82, 2.24) is 0 Å². The Morgan fingerprint density at radius 3 is 1.04 bits per heavy atom. The van der Waals surface area contributed by atoms with E-state index in [9.17, 15) is 19.5 Å². The fourth-order valence-corrected chi connectivity index (χ4v) is 4.96. The van der Waals surface area contributed by atoms with E-state index in [1.165, 1.54) is 0 Å². The van der Waals surface area contributed by atoms with Crippen molar-refractivity contribution in [3.63, 3.8) is 0 Å². The molecule has 1 atom stereocenters. The van der Waals surface area contributed by atoms with E-state index in [0.29, 0.717) is 29.5 Å². The predicted octanol–water partition coefficient (Wildman–Crippen LogP) is 5.56.